The van der Waals surface area contributed by atoms with Gasteiger partial charge in [0.1, 0.15) is 0 Å². The van der Waals surface area contributed by atoms with E-state index in [1.807, 2.05) is 11.4 Å². The molecule has 0 bridgehead atoms. The number of aromatic nitrogens is 2. The van der Waals surface area contributed by atoms with E-state index in [4.69, 9.17) is 21.1 Å². The van der Waals surface area contributed by atoms with Gasteiger partial charge in [-0.05, 0) is 17.7 Å². The van der Waals surface area contributed by atoms with E-state index < -0.39 is 0 Å². The molecule has 0 atom stereocenters. The number of hydrogen-bond donors (Lipinski definition) is 1. The Morgan fingerprint density at radius 2 is 2.17 bits per heavy atom. The van der Waals surface area contributed by atoms with Crippen LogP contribution >= 0.6 is 34.7 Å². The van der Waals surface area contributed by atoms with Gasteiger partial charge in [0.05, 0.1) is 29.7 Å². The van der Waals surface area contributed by atoms with E-state index in [0.717, 1.165) is 12.0 Å². The lowest BCUT2D eigenvalue weighted by molar-refractivity contribution is -0.118. The smallest absolute Gasteiger partial charge is 0.258 e. The fourth-order valence-electron chi connectivity index (χ4n) is 2.85. The maximum atomic E-state index is 12.2. The Labute approximate surface area is 180 Å². The molecule has 152 valence electrons. The molecule has 0 spiro atoms. The van der Waals surface area contributed by atoms with Crippen molar-refractivity contribution < 1.29 is 14.3 Å². The van der Waals surface area contributed by atoms with Crippen LogP contribution in [-0.2, 0) is 17.1 Å². The number of ether oxygens (including phenoxy) is 2. The van der Waals surface area contributed by atoms with Crippen molar-refractivity contribution in [3.63, 3.8) is 0 Å². The molecular formula is C19H18ClN3O4S2. The number of hydrogen-bond acceptors (Lipinski definition) is 7. The van der Waals surface area contributed by atoms with Crippen LogP contribution in [0.5, 0.6) is 11.5 Å². The summed E-state index contributed by atoms with van der Waals surface area (Å²) in [6, 6.07) is 5.12. The molecule has 10 heteroatoms. The van der Waals surface area contributed by atoms with Gasteiger partial charge in [-0.2, -0.15) is 0 Å². The van der Waals surface area contributed by atoms with Gasteiger partial charge in [0.25, 0.3) is 5.56 Å². The summed E-state index contributed by atoms with van der Waals surface area (Å²) in [6.07, 6.45) is 2.50. The third kappa shape index (κ3) is 4.85. The van der Waals surface area contributed by atoms with Crippen LogP contribution in [0, 0.1) is 0 Å². The van der Waals surface area contributed by atoms with Gasteiger partial charge in [0, 0.05) is 36.4 Å². The van der Waals surface area contributed by atoms with Gasteiger partial charge in [-0.1, -0.05) is 11.6 Å². The number of rotatable bonds is 6. The van der Waals surface area contributed by atoms with Crippen LogP contribution in [0.4, 0.5) is 0 Å². The van der Waals surface area contributed by atoms with Gasteiger partial charge in [-0.25, -0.2) is 4.98 Å². The van der Waals surface area contributed by atoms with Crippen molar-refractivity contribution in [1.29, 1.82) is 0 Å². The monoisotopic (exact) mass is 451 g/mol. The number of halogens is 1. The summed E-state index contributed by atoms with van der Waals surface area (Å²) in [5, 5.41) is 5.17. The first-order chi connectivity index (χ1) is 14.1. The van der Waals surface area contributed by atoms with Crippen LogP contribution in [0.3, 0.4) is 0 Å². The van der Waals surface area contributed by atoms with Crippen LogP contribution in [0.2, 0.25) is 5.02 Å². The molecule has 1 aromatic carbocycles. The van der Waals surface area contributed by atoms with Crippen molar-refractivity contribution in [3.8, 4) is 11.5 Å². The van der Waals surface area contributed by atoms with Crippen molar-refractivity contribution in [2.75, 3.05) is 19.0 Å². The van der Waals surface area contributed by atoms with Gasteiger partial charge in [-0.3, -0.25) is 14.0 Å². The summed E-state index contributed by atoms with van der Waals surface area (Å²) in [5.41, 5.74) is 1.41. The predicted molar refractivity (Wildman–Crippen MR) is 114 cm³/mol. The summed E-state index contributed by atoms with van der Waals surface area (Å²) < 4.78 is 12.8. The van der Waals surface area contributed by atoms with E-state index in [-0.39, 0.29) is 17.2 Å². The van der Waals surface area contributed by atoms with Crippen LogP contribution in [-0.4, -0.2) is 34.3 Å². The number of benzene rings is 1. The Morgan fingerprint density at radius 1 is 1.31 bits per heavy atom. The molecule has 29 heavy (non-hydrogen) atoms. The molecule has 2 aromatic heterocycles. The van der Waals surface area contributed by atoms with E-state index >= 15 is 0 Å². The Bertz CT molecular complexity index is 1100. The molecule has 0 aliphatic carbocycles. The minimum Gasteiger partial charge on any atom is -0.489 e. The van der Waals surface area contributed by atoms with E-state index in [0.29, 0.717) is 52.7 Å². The second kappa shape index (κ2) is 9.06. The fourth-order valence-corrected chi connectivity index (χ4v) is 4.62. The first-order valence-corrected chi connectivity index (χ1v) is 11.4. The van der Waals surface area contributed by atoms with Crippen molar-refractivity contribution in [2.45, 2.75) is 18.7 Å². The van der Waals surface area contributed by atoms with Crippen LogP contribution in [0.15, 0.2) is 34.6 Å². The van der Waals surface area contributed by atoms with E-state index in [1.165, 1.54) is 33.6 Å². The van der Waals surface area contributed by atoms with E-state index in [2.05, 4.69) is 10.3 Å². The van der Waals surface area contributed by atoms with Gasteiger partial charge in [0.15, 0.2) is 16.5 Å². The number of thiazole rings is 1. The zero-order valence-corrected chi connectivity index (χ0v) is 17.7. The lowest BCUT2D eigenvalue weighted by Gasteiger charge is -2.12. The second-order valence-electron chi connectivity index (χ2n) is 6.37. The largest absolute Gasteiger partial charge is 0.489 e. The van der Waals surface area contributed by atoms with Crippen LogP contribution in [0.25, 0.3) is 4.96 Å². The topological polar surface area (TPSA) is 81.9 Å². The molecule has 7 nitrogen and oxygen atoms in total. The van der Waals surface area contributed by atoms with Crippen molar-refractivity contribution in [3.05, 3.63) is 56.4 Å². The maximum Gasteiger partial charge on any atom is 0.258 e. The molecule has 0 saturated heterocycles. The zero-order valence-electron chi connectivity index (χ0n) is 15.4. The van der Waals surface area contributed by atoms with Crippen molar-refractivity contribution in [2.24, 2.45) is 0 Å². The summed E-state index contributed by atoms with van der Waals surface area (Å²) >= 11 is 9.09. The van der Waals surface area contributed by atoms with Crippen LogP contribution < -0.4 is 20.3 Å². The third-order valence-electron chi connectivity index (χ3n) is 4.19. The highest BCUT2D eigenvalue weighted by molar-refractivity contribution is 7.99. The normalized spacial score (nSPS) is 13.3. The molecule has 1 amide bonds. The Balaban J connectivity index is 1.29. The molecular weight excluding hydrogens is 434 g/mol. The first-order valence-electron chi connectivity index (χ1n) is 8.98. The number of fused-ring (bicyclic) bond motifs is 2. The second-order valence-corrected chi connectivity index (χ2v) is 8.63. The molecule has 1 aliphatic heterocycles. The highest BCUT2D eigenvalue weighted by atomic mass is 35.5. The van der Waals surface area contributed by atoms with E-state index in [9.17, 15) is 9.59 Å². The molecule has 3 aromatic rings. The summed E-state index contributed by atoms with van der Waals surface area (Å²) in [4.78, 5) is 29.2. The summed E-state index contributed by atoms with van der Waals surface area (Å²) in [7, 11) is 0. The number of carbonyl (C=O) groups is 1. The minimum atomic E-state index is -0.109. The number of amides is 1. The first kappa shape index (κ1) is 20.1. The quantitative estimate of drug-likeness (QED) is 0.620. The molecule has 1 N–H and O–H groups in total. The Hall–Kier alpha value is -2.23. The highest BCUT2D eigenvalue weighted by Gasteiger charge is 2.16. The van der Waals surface area contributed by atoms with Crippen molar-refractivity contribution in [1.82, 2.24) is 14.7 Å². The fraction of sp³-hybridized carbons (Fsp3) is 0.316. The summed E-state index contributed by atoms with van der Waals surface area (Å²) in [6.45, 7) is 1.49. The average molecular weight is 452 g/mol. The van der Waals surface area contributed by atoms with Gasteiger partial charge < -0.3 is 14.8 Å². The molecule has 1 aliphatic rings. The lowest BCUT2D eigenvalue weighted by atomic mass is 10.2. The highest BCUT2D eigenvalue weighted by Crippen LogP contribution is 2.37. The minimum absolute atomic E-state index is 0.104. The SMILES string of the molecule is O=C(CSCc1cc(=O)n2ccsc2n1)NCc1cc(Cl)c2c(c1)OCCCO2. The van der Waals surface area contributed by atoms with Gasteiger partial charge in [-0.15, -0.1) is 23.1 Å². The Morgan fingerprint density at radius 3 is 3.07 bits per heavy atom. The molecule has 0 fully saturated rings. The zero-order chi connectivity index (χ0) is 20.2. The number of carbonyl (C=O) groups excluding carboxylic acids is 1. The molecule has 0 radical (unpaired) electrons. The molecule has 0 unspecified atom stereocenters. The third-order valence-corrected chi connectivity index (χ3v) is 6.19. The van der Waals surface area contributed by atoms with E-state index in [1.54, 1.807) is 12.3 Å². The number of nitrogens with zero attached hydrogens (tertiary/aromatic N) is 2. The molecule has 4 rings (SSSR count). The lowest BCUT2D eigenvalue weighted by Crippen LogP contribution is -2.24. The number of nitrogens with one attached hydrogen (secondary N) is 1. The van der Waals surface area contributed by atoms with Gasteiger partial charge in [0.2, 0.25) is 5.91 Å². The van der Waals surface area contributed by atoms with Crippen LogP contribution in [0.1, 0.15) is 17.7 Å². The molecule has 0 saturated carbocycles. The van der Waals surface area contributed by atoms with Crippen molar-refractivity contribution >= 4 is 45.6 Å². The average Bonchev–Trinajstić information content (AvgIpc) is 3.04. The molecule has 3 heterocycles. The maximum absolute atomic E-state index is 12.2. The predicted octanol–water partition coefficient (Wildman–Crippen LogP) is 3.12. The summed E-state index contributed by atoms with van der Waals surface area (Å²) in [5.74, 6) is 1.82. The number of thioether (sulfide) groups is 1. The Kier molecular flexibility index (Phi) is 6.27. The van der Waals surface area contributed by atoms with Gasteiger partial charge >= 0.3 is 0 Å². The standard InChI is InChI=1S/C19H18ClN3O4S2/c20-14-6-12(7-15-18(14)27-4-1-3-26-15)9-21-16(24)11-28-10-13-8-17(25)23-2-5-29-19(23)22-13/h2,5-8H,1,3-4,9-11H2,(H,21,24).